The van der Waals surface area contributed by atoms with Crippen molar-refractivity contribution in [2.24, 2.45) is 5.92 Å². The molecule has 0 saturated carbocycles. The summed E-state index contributed by atoms with van der Waals surface area (Å²) >= 11 is 0. The minimum absolute atomic E-state index is 0.190. The van der Waals surface area contributed by atoms with Gasteiger partial charge in [0.2, 0.25) is 17.7 Å². The van der Waals surface area contributed by atoms with Crippen molar-refractivity contribution < 1.29 is 27.6 Å². The molecule has 0 spiro atoms. The first-order valence-corrected chi connectivity index (χ1v) is 9.75. The molecule has 1 aliphatic heterocycles. The number of piperidine rings is 1. The van der Waals surface area contributed by atoms with E-state index < -0.39 is 36.0 Å². The van der Waals surface area contributed by atoms with Gasteiger partial charge in [-0.2, -0.15) is 13.2 Å². The second-order valence-electron chi connectivity index (χ2n) is 7.39. The smallest absolute Gasteiger partial charge is 0.344 e. The van der Waals surface area contributed by atoms with Gasteiger partial charge in [-0.3, -0.25) is 14.4 Å². The van der Waals surface area contributed by atoms with Crippen molar-refractivity contribution in [3.05, 3.63) is 65.7 Å². The van der Waals surface area contributed by atoms with Crippen molar-refractivity contribution in [1.82, 2.24) is 10.6 Å². The zero-order valence-electron chi connectivity index (χ0n) is 16.7. The molecule has 164 valence electrons. The van der Waals surface area contributed by atoms with E-state index in [4.69, 9.17) is 0 Å². The number of hydrogen-bond acceptors (Lipinski definition) is 3. The maximum atomic E-state index is 12.9. The standard InChI is InChI=1S/C22H22F3N3O3/c1-13(29)26-16-9-7-15(8-10-16)19(14-5-3-2-4-6-14)28-21(31)17-11-12-18(22(23,24)25)27-20(17)30/h2-10,17-19H,11-12H2,1H3,(H,26,29)(H,27,30)(H,28,31). The van der Waals surface area contributed by atoms with Crippen LogP contribution in [0.2, 0.25) is 0 Å². The van der Waals surface area contributed by atoms with E-state index in [1.165, 1.54) is 6.92 Å². The van der Waals surface area contributed by atoms with E-state index in [9.17, 15) is 27.6 Å². The summed E-state index contributed by atoms with van der Waals surface area (Å²) in [6, 6.07) is 13.3. The fourth-order valence-corrected chi connectivity index (χ4v) is 3.51. The fraction of sp³-hybridized carbons (Fsp3) is 0.318. The van der Waals surface area contributed by atoms with Crippen LogP contribution in [0.5, 0.6) is 0 Å². The Balaban J connectivity index is 1.79. The van der Waals surface area contributed by atoms with Crippen LogP contribution in [-0.4, -0.2) is 29.9 Å². The minimum atomic E-state index is -4.54. The Bertz CT molecular complexity index is 946. The summed E-state index contributed by atoms with van der Waals surface area (Å²) in [5, 5.41) is 7.35. The molecule has 1 aliphatic rings. The van der Waals surface area contributed by atoms with Crippen molar-refractivity contribution in [3.8, 4) is 0 Å². The number of halogens is 3. The molecule has 0 bridgehead atoms. The summed E-state index contributed by atoms with van der Waals surface area (Å²) in [4.78, 5) is 36.2. The highest BCUT2D eigenvalue weighted by atomic mass is 19.4. The molecule has 1 saturated heterocycles. The van der Waals surface area contributed by atoms with E-state index in [1.807, 2.05) is 11.4 Å². The van der Waals surface area contributed by atoms with Gasteiger partial charge in [0, 0.05) is 12.6 Å². The average molecular weight is 433 g/mol. The zero-order chi connectivity index (χ0) is 22.6. The lowest BCUT2D eigenvalue weighted by Gasteiger charge is -2.31. The Hall–Kier alpha value is -3.36. The van der Waals surface area contributed by atoms with E-state index in [1.54, 1.807) is 48.5 Å². The third-order valence-electron chi connectivity index (χ3n) is 5.07. The minimum Gasteiger partial charge on any atom is -0.344 e. The van der Waals surface area contributed by atoms with Gasteiger partial charge in [-0.05, 0) is 36.1 Å². The lowest BCUT2D eigenvalue weighted by Crippen LogP contribution is -2.54. The molecule has 1 fully saturated rings. The first-order chi connectivity index (χ1) is 14.6. The van der Waals surface area contributed by atoms with Crippen LogP contribution in [0.25, 0.3) is 0 Å². The molecule has 2 aromatic carbocycles. The molecule has 3 unspecified atom stereocenters. The Morgan fingerprint density at radius 3 is 2.16 bits per heavy atom. The van der Waals surface area contributed by atoms with Crippen molar-refractivity contribution in [3.63, 3.8) is 0 Å². The predicted molar refractivity (Wildman–Crippen MR) is 108 cm³/mol. The van der Waals surface area contributed by atoms with Gasteiger partial charge in [0.25, 0.3) is 0 Å². The fourth-order valence-electron chi connectivity index (χ4n) is 3.51. The number of nitrogens with one attached hydrogen (secondary N) is 3. The van der Waals surface area contributed by atoms with Crippen LogP contribution in [0, 0.1) is 5.92 Å². The van der Waals surface area contributed by atoms with Gasteiger partial charge in [-0.25, -0.2) is 0 Å². The van der Waals surface area contributed by atoms with Crippen molar-refractivity contribution in [2.75, 3.05) is 5.32 Å². The molecule has 9 heteroatoms. The maximum absolute atomic E-state index is 12.9. The number of carbonyl (C=O) groups is 3. The molecule has 0 aromatic heterocycles. The zero-order valence-corrected chi connectivity index (χ0v) is 16.7. The normalized spacial score (nSPS) is 19.8. The van der Waals surface area contributed by atoms with E-state index in [2.05, 4.69) is 10.6 Å². The van der Waals surface area contributed by atoms with Crippen LogP contribution in [-0.2, 0) is 14.4 Å². The van der Waals surface area contributed by atoms with Gasteiger partial charge >= 0.3 is 6.18 Å². The number of rotatable bonds is 5. The Labute approximate surface area is 177 Å². The van der Waals surface area contributed by atoms with Crippen LogP contribution in [0.15, 0.2) is 54.6 Å². The van der Waals surface area contributed by atoms with Crippen LogP contribution < -0.4 is 16.0 Å². The molecular formula is C22H22F3N3O3. The highest BCUT2D eigenvalue weighted by molar-refractivity contribution is 6.01. The first-order valence-electron chi connectivity index (χ1n) is 9.75. The topological polar surface area (TPSA) is 87.3 Å². The molecule has 2 aromatic rings. The SMILES string of the molecule is CC(=O)Nc1ccc(C(NC(=O)C2CCC(C(F)(F)F)NC2=O)c2ccccc2)cc1. The molecule has 3 atom stereocenters. The third-order valence-corrected chi connectivity index (χ3v) is 5.07. The molecule has 3 rings (SSSR count). The molecular weight excluding hydrogens is 411 g/mol. The van der Waals surface area contributed by atoms with Crippen molar-refractivity contribution in [2.45, 2.75) is 38.0 Å². The summed E-state index contributed by atoms with van der Waals surface area (Å²) < 4.78 is 38.6. The Morgan fingerprint density at radius 1 is 1.00 bits per heavy atom. The van der Waals surface area contributed by atoms with Gasteiger partial charge in [0.1, 0.15) is 12.0 Å². The number of alkyl halides is 3. The summed E-state index contributed by atoms with van der Waals surface area (Å²) in [6.45, 7) is 1.39. The molecule has 31 heavy (non-hydrogen) atoms. The number of benzene rings is 2. The quantitative estimate of drug-likeness (QED) is 0.633. The Morgan fingerprint density at radius 2 is 1.61 bits per heavy atom. The molecule has 0 aliphatic carbocycles. The van der Waals surface area contributed by atoms with Crippen LogP contribution in [0.4, 0.5) is 18.9 Å². The van der Waals surface area contributed by atoms with E-state index >= 15 is 0 Å². The predicted octanol–water partition coefficient (Wildman–Crippen LogP) is 3.31. The summed E-state index contributed by atoms with van der Waals surface area (Å²) in [5.74, 6) is -3.00. The second-order valence-corrected chi connectivity index (χ2v) is 7.39. The lowest BCUT2D eigenvalue weighted by atomic mass is 9.91. The number of anilines is 1. The number of amides is 3. The van der Waals surface area contributed by atoms with Gasteiger partial charge in [-0.1, -0.05) is 42.5 Å². The van der Waals surface area contributed by atoms with Crippen molar-refractivity contribution in [1.29, 1.82) is 0 Å². The largest absolute Gasteiger partial charge is 0.408 e. The molecule has 1 heterocycles. The summed E-state index contributed by atoms with van der Waals surface area (Å²) in [5.41, 5.74) is 2.02. The number of carbonyl (C=O) groups excluding carboxylic acids is 3. The highest BCUT2D eigenvalue weighted by Gasteiger charge is 2.46. The molecule has 3 N–H and O–H groups in total. The van der Waals surface area contributed by atoms with E-state index in [0.29, 0.717) is 11.3 Å². The summed E-state index contributed by atoms with van der Waals surface area (Å²) in [7, 11) is 0. The van der Waals surface area contributed by atoms with Gasteiger partial charge in [0.15, 0.2) is 0 Å². The second kappa shape index (κ2) is 9.20. The average Bonchev–Trinajstić information content (AvgIpc) is 2.72. The molecule has 6 nitrogen and oxygen atoms in total. The first kappa shape index (κ1) is 22.3. The monoisotopic (exact) mass is 433 g/mol. The summed E-state index contributed by atoms with van der Waals surface area (Å²) in [6.07, 6.45) is -5.08. The molecule has 0 radical (unpaired) electrons. The van der Waals surface area contributed by atoms with Crippen LogP contribution >= 0.6 is 0 Å². The number of hydrogen-bond donors (Lipinski definition) is 3. The lowest BCUT2D eigenvalue weighted by molar-refractivity contribution is -0.171. The van der Waals surface area contributed by atoms with Crippen LogP contribution in [0.3, 0.4) is 0 Å². The van der Waals surface area contributed by atoms with Gasteiger partial charge < -0.3 is 16.0 Å². The molecule has 3 amide bonds. The van der Waals surface area contributed by atoms with Crippen molar-refractivity contribution >= 4 is 23.4 Å². The third kappa shape index (κ3) is 5.62. The van der Waals surface area contributed by atoms with Gasteiger partial charge in [0.05, 0.1) is 6.04 Å². The van der Waals surface area contributed by atoms with Crippen LogP contribution in [0.1, 0.15) is 36.9 Å². The van der Waals surface area contributed by atoms with E-state index in [0.717, 1.165) is 5.56 Å². The van der Waals surface area contributed by atoms with Gasteiger partial charge in [-0.15, -0.1) is 0 Å². The highest BCUT2D eigenvalue weighted by Crippen LogP contribution is 2.30. The van der Waals surface area contributed by atoms with E-state index in [-0.39, 0.29) is 18.7 Å². The maximum Gasteiger partial charge on any atom is 0.408 e. The Kier molecular flexibility index (Phi) is 6.62.